The molecule has 0 spiro atoms. The summed E-state index contributed by atoms with van der Waals surface area (Å²) in [7, 11) is 0. The number of nitrogens with one attached hydrogen (secondary N) is 2. The van der Waals surface area contributed by atoms with Crippen molar-refractivity contribution in [3.63, 3.8) is 0 Å². The molecule has 0 saturated heterocycles. The second-order valence-corrected chi connectivity index (χ2v) is 8.08. The molecule has 0 heterocycles. The summed E-state index contributed by atoms with van der Waals surface area (Å²) in [6.07, 6.45) is 0. The summed E-state index contributed by atoms with van der Waals surface area (Å²) >= 11 is 3.62. The van der Waals surface area contributed by atoms with E-state index in [2.05, 4.69) is 45.3 Å². The first-order valence-corrected chi connectivity index (χ1v) is 11.6. The molecule has 6 nitrogen and oxygen atoms in total. The van der Waals surface area contributed by atoms with Gasteiger partial charge in [-0.3, -0.25) is 4.79 Å². The minimum Gasteiger partial charge on any atom is -0.490 e. The van der Waals surface area contributed by atoms with Crippen LogP contribution in [0, 0.1) is 6.92 Å². The number of aryl methyl sites for hydroxylation is 1. The van der Waals surface area contributed by atoms with E-state index < -0.39 is 0 Å². The Morgan fingerprint density at radius 2 is 1.71 bits per heavy atom. The molecule has 0 aliphatic rings. The minimum absolute atomic E-state index is 0.0954. The number of carbonyl (C=O) groups excluding carboxylic acids is 1. The molecule has 1 amide bonds. The molecule has 7 heteroatoms. The highest BCUT2D eigenvalue weighted by atomic mass is 79.9. The predicted molar refractivity (Wildman–Crippen MR) is 130 cm³/mol. The lowest BCUT2D eigenvalue weighted by Gasteiger charge is -2.19. The quantitative estimate of drug-likeness (QED) is 0.400. The highest BCUT2D eigenvalue weighted by Crippen LogP contribution is 2.34. The molecule has 31 heavy (non-hydrogen) atoms. The first kappa shape index (κ1) is 25.2. The van der Waals surface area contributed by atoms with Crippen molar-refractivity contribution in [3.8, 4) is 11.5 Å². The zero-order chi connectivity index (χ0) is 22.6. The van der Waals surface area contributed by atoms with Crippen LogP contribution in [0.15, 0.2) is 40.9 Å². The van der Waals surface area contributed by atoms with E-state index in [4.69, 9.17) is 9.47 Å². The summed E-state index contributed by atoms with van der Waals surface area (Å²) in [5, 5.41) is 6.32. The SMILES string of the molecule is CCOc1cc(CNCCN(CC)CC)c(Br)cc1OCC(=O)Nc1ccc(C)cc1. The molecule has 0 bridgehead atoms. The summed E-state index contributed by atoms with van der Waals surface area (Å²) in [5.41, 5.74) is 2.97. The lowest BCUT2D eigenvalue weighted by atomic mass is 10.2. The van der Waals surface area contributed by atoms with Gasteiger partial charge < -0.3 is 25.0 Å². The van der Waals surface area contributed by atoms with Crippen LogP contribution in [-0.4, -0.2) is 50.2 Å². The van der Waals surface area contributed by atoms with Crippen LogP contribution in [0.3, 0.4) is 0 Å². The first-order valence-electron chi connectivity index (χ1n) is 10.8. The van der Waals surface area contributed by atoms with Gasteiger partial charge in [-0.15, -0.1) is 0 Å². The maximum Gasteiger partial charge on any atom is 0.262 e. The highest BCUT2D eigenvalue weighted by molar-refractivity contribution is 9.10. The van der Waals surface area contributed by atoms with Crippen LogP contribution in [0.25, 0.3) is 0 Å². The van der Waals surface area contributed by atoms with Crippen LogP contribution < -0.4 is 20.1 Å². The Balaban J connectivity index is 1.95. The Morgan fingerprint density at radius 3 is 2.35 bits per heavy atom. The van der Waals surface area contributed by atoms with Gasteiger partial charge in [-0.2, -0.15) is 0 Å². The molecular weight excluding hydrogens is 458 g/mol. The van der Waals surface area contributed by atoms with Crippen LogP contribution in [0.4, 0.5) is 5.69 Å². The molecule has 2 rings (SSSR count). The Morgan fingerprint density at radius 1 is 1.03 bits per heavy atom. The van der Waals surface area contributed by atoms with E-state index in [1.165, 1.54) is 0 Å². The fourth-order valence-corrected chi connectivity index (χ4v) is 3.53. The molecule has 2 aromatic rings. The number of halogens is 1. The van der Waals surface area contributed by atoms with Crippen LogP contribution >= 0.6 is 15.9 Å². The summed E-state index contributed by atoms with van der Waals surface area (Å²) < 4.78 is 12.5. The molecule has 2 aromatic carbocycles. The van der Waals surface area contributed by atoms with Crippen LogP contribution in [0.5, 0.6) is 11.5 Å². The molecule has 0 saturated carbocycles. The maximum atomic E-state index is 12.3. The average molecular weight is 492 g/mol. The highest BCUT2D eigenvalue weighted by Gasteiger charge is 2.13. The lowest BCUT2D eigenvalue weighted by Crippen LogP contribution is -2.31. The predicted octanol–water partition coefficient (Wildman–Crippen LogP) is 4.61. The van der Waals surface area contributed by atoms with E-state index in [-0.39, 0.29) is 12.5 Å². The molecule has 0 aliphatic heterocycles. The standard InChI is InChI=1S/C24H34BrN3O3/c1-5-28(6-2)13-12-26-16-19-14-22(30-7-3)23(15-21(19)25)31-17-24(29)27-20-10-8-18(4)9-11-20/h8-11,14-15,26H,5-7,12-13,16-17H2,1-4H3,(H,27,29). The van der Waals surface area contributed by atoms with E-state index >= 15 is 0 Å². The molecule has 0 aliphatic carbocycles. The van der Waals surface area contributed by atoms with Gasteiger partial charge in [0.1, 0.15) is 0 Å². The van der Waals surface area contributed by atoms with Crippen LogP contribution in [0.2, 0.25) is 0 Å². The monoisotopic (exact) mass is 491 g/mol. The molecule has 0 atom stereocenters. The Hall–Kier alpha value is -2.09. The van der Waals surface area contributed by atoms with Crippen molar-refractivity contribution in [1.82, 2.24) is 10.2 Å². The summed E-state index contributed by atoms with van der Waals surface area (Å²) in [6.45, 7) is 13.5. The maximum absolute atomic E-state index is 12.3. The molecule has 0 aromatic heterocycles. The van der Waals surface area contributed by atoms with Crippen molar-refractivity contribution in [3.05, 3.63) is 52.0 Å². The number of ether oxygens (including phenoxy) is 2. The second kappa shape index (κ2) is 13.3. The fourth-order valence-electron chi connectivity index (χ4n) is 3.07. The Kier molecular flexibility index (Phi) is 10.8. The molecule has 0 fully saturated rings. The molecular formula is C24H34BrN3O3. The van der Waals surface area contributed by atoms with E-state index in [0.29, 0.717) is 18.1 Å². The number of likely N-dealkylation sites (N-methyl/N-ethyl adjacent to an activating group) is 1. The molecule has 170 valence electrons. The third-order valence-corrected chi connectivity index (χ3v) is 5.66. The van der Waals surface area contributed by atoms with Gasteiger partial charge in [0.2, 0.25) is 0 Å². The topological polar surface area (TPSA) is 62.8 Å². The Bertz CT molecular complexity index is 824. The van der Waals surface area contributed by atoms with Gasteiger partial charge >= 0.3 is 0 Å². The smallest absolute Gasteiger partial charge is 0.262 e. The lowest BCUT2D eigenvalue weighted by molar-refractivity contribution is -0.118. The molecule has 0 radical (unpaired) electrons. The molecule has 0 unspecified atom stereocenters. The third kappa shape index (κ3) is 8.51. The summed E-state index contributed by atoms with van der Waals surface area (Å²) in [4.78, 5) is 14.6. The van der Waals surface area contributed by atoms with Crippen LogP contribution in [-0.2, 0) is 11.3 Å². The number of hydrogen-bond acceptors (Lipinski definition) is 5. The van der Waals surface area contributed by atoms with Crippen molar-refractivity contribution in [2.24, 2.45) is 0 Å². The fraction of sp³-hybridized carbons (Fsp3) is 0.458. The van der Waals surface area contributed by atoms with Gasteiger partial charge in [0.05, 0.1) is 6.61 Å². The van der Waals surface area contributed by atoms with Crippen molar-refractivity contribution < 1.29 is 14.3 Å². The van der Waals surface area contributed by atoms with Crippen molar-refractivity contribution in [1.29, 1.82) is 0 Å². The number of nitrogens with zero attached hydrogens (tertiary/aromatic N) is 1. The molecule has 2 N–H and O–H groups in total. The van der Waals surface area contributed by atoms with Crippen molar-refractivity contribution in [2.75, 3.05) is 44.7 Å². The second-order valence-electron chi connectivity index (χ2n) is 7.23. The van der Waals surface area contributed by atoms with Crippen molar-refractivity contribution >= 4 is 27.5 Å². The number of amides is 1. The normalized spacial score (nSPS) is 10.9. The van der Waals surface area contributed by atoms with Gasteiger partial charge in [-0.05, 0) is 56.8 Å². The number of rotatable bonds is 13. The van der Waals surface area contributed by atoms with Gasteiger partial charge in [0, 0.05) is 29.8 Å². The van der Waals surface area contributed by atoms with E-state index in [9.17, 15) is 4.79 Å². The zero-order valence-corrected chi connectivity index (χ0v) is 20.5. The first-order chi connectivity index (χ1) is 15.0. The van der Waals surface area contributed by atoms with Crippen LogP contribution in [0.1, 0.15) is 31.9 Å². The van der Waals surface area contributed by atoms with Gasteiger partial charge in [0.25, 0.3) is 5.91 Å². The average Bonchev–Trinajstić information content (AvgIpc) is 2.76. The minimum atomic E-state index is -0.218. The number of anilines is 1. The summed E-state index contributed by atoms with van der Waals surface area (Å²) in [6, 6.07) is 11.5. The van der Waals surface area contributed by atoms with E-state index in [1.54, 1.807) is 0 Å². The number of benzene rings is 2. The van der Waals surface area contributed by atoms with E-state index in [0.717, 1.165) is 54.0 Å². The van der Waals surface area contributed by atoms with E-state index in [1.807, 2.05) is 50.2 Å². The van der Waals surface area contributed by atoms with Gasteiger partial charge in [-0.25, -0.2) is 0 Å². The Labute approximate surface area is 194 Å². The van der Waals surface area contributed by atoms with Gasteiger partial charge in [0.15, 0.2) is 18.1 Å². The van der Waals surface area contributed by atoms with Gasteiger partial charge in [-0.1, -0.05) is 47.5 Å². The number of carbonyl (C=O) groups is 1. The summed E-state index contributed by atoms with van der Waals surface area (Å²) in [5.74, 6) is 0.957. The number of hydrogen-bond donors (Lipinski definition) is 2. The van der Waals surface area contributed by atoms with Crippen molar-refractivity contribution in [2.45, 2.75) is 34.2 Å². The third-order valence-electron chi connectivity index (χ3n) is 4.92. The largest absolute Gasteiger partial charge is 0.490 e. The zero-order valence-electron chi connectivity index (χ0n) is 19.0.